The fourth-order valence-corrected chi connectivity index (χ4v) is 1.58. The molecular weight excluding hydrogens is 306 g/mol. The zero-order chi connectivity index (χ0) is 15.1. The Morgan fingerprint density at radius 1 is 1.26 bits per heavy atom. The normalized spacial score (nSPS) is 13.6. The molecule has 5 nitrogen and oxygen atoms in total. The van der Waals surface area contributed by atoms with Gasteiger partial charge in [-0.2, -0.15) is 43.9 Å². The molecule has 0 bridgehead atoms. The number of hydrogen-bond donors (Lipinski definition) is 0. The SMILES string of the molecule is C[n+]1ccn(CC(F)(F)F)c1OS(=O)(=O)C(F)(F)F. The van der Waals surface area contributed by atoms with E-state index >= 15 is 0 Å². The first kappa shape index (κ1) is 15.6. The molecule has 1 heterocycles. The van der Waals surface area contributed by atoms with Crippen molar-refractivity contribution >= 4 is 10.1 Å². The van der Waals surface area contributed by atoms with E-state index in [9.17, 15) is 34.8 Å². The molecule has 0 saturated carbocycles. The number of imidazole rings is 1. The van der Waals surface area contributed by atoms with Gasteiger partial charge >= 0.3 is 27.8 Å². The lowest BCUT2D eigenvalue weighted by molar-refractivity contribution is -0.674. The Morgan fingerprint density at radius 2 is 1.79 bits per heavy atom. The average Bonchev–Trinajstić information content (AvgIpc) is 2.45. The van der Waals surface area contributed by atoms with Gasteiger partial charge in [-0.25, -0.2) is 0 Å². The minimum atomic E-state index is -6.03. The van der Waals surface area contributed by atoms with E-state index in [0.717, 1.165) is 19.4 Å². The molecule has 1 aromatic rings. The third-order valence-electron chi connectivity index (χ3n) is 1.83. The van der Waals surface area contributed by atoms with Gasteiger partial charge in [-0.05, 0) is 0 Å². The maximum absolute atomic E-state index is 12.1. The molecule has 110 valence electrons. The van der Waals surface area contributed by atoms with Gasteiger partial charge in [0, 0.05) is 0 Å². The number of halogens is 6. The highest BCUT2D eigenvalue weighted by Crippen LogP contribution is 2.27. The van der Waals surface area contributed by atoms with E-state index in [4.69, 9.17) is 0 Å². The lowest BCUT2D eigenvalue weighted by Crippen LogP contribution is -2.36. The number of hydrogen-bond acceptors (Lipinski definition) is 3. The summed E-state index contributed by atoms with van der Waals surface area (Å²) in [5.41, 5.74) is -5.73. The summed E-state index contributed by atoms with van der Waals surface area (Å²) in [5.74, 6) is 0. The molecule has 0 fully saturated rings. The van der Waals surface area contributed by atoms with Crippen molar-refractivity contribution in [3.05, 3.63) is 12.4 Å². The van der Waals surface area contributed by atoms with Crippen LogP contribution in [0.25, 0.3) is 0 Å². The molecule has 0 aliphatic carbocycles. The molecule has 0 atom stereocenters. The number of aromatic nitrogens is 2. The van der Waals surface area contributed by atoms with Crippen LogP contribution in [0.3, 0.4) is 0 Å². The molecule has 19 heavy (non-hydrogen) atoms. The fraction of sp³-hybridized carbons (Fsp3) is 0.571. The first-order chi connectivity index (χ1) is 8.33. The van der Waals surface area contributed by atoms with E-state index in [2.05, 4.69) is 4.18 Å². The van der Waals surface area contributed by atoms with Crippen LogP contribution < -0.4 is 8.75 Å². The first-order valence-corrected chi connectivity index (χ1v) is 5.86. The topological polar surface area (TPSA) is 52.2 Å². The largest absolute Gasteiger partial charge is 0.534 e. The van der Waals surface area contributed by atoms with E-state index < -0.39 is 34.4 Å². The molecular formula is C7H7F6N2O3S+. The lowest BCUT2D eigenvalue weighted by atomic mass is 10.6. The molecule has 0 aromatic carbocycles. The lowest BCUT2D eigenvalue weighted by Gasteiger charge is -2.08. The van der Waals surface area contributed by atoms with Crippen molar-refractivity contribution in [1.82, 2.24) is 4.57 Å². The Labute approximate surface area is 103 Å². The van der Waals surface area contributed by atoms with E-state index in [0.29, 0.717) is 4.57 Å². The van der Waals surface area contributed by atoms with Crippen LogP contribution in [-0.4, -0.2) is 24.7 Å². The third kappa shape index (κ3) is 3.75. The van der Waals surface area contributed by atoms with E-state index in [1.165, 1.54) is 0 Å². The monoisotopic (exact) mass is 313 g/mol. The maximum Gasteiger partial charge on any atom is 0.534 e. The van der Waals surface area contributed by atoms with Gasteiger partial charge in [0.05, 0.1) is 7.05 Å². The van der Waals surface area contributed by atoms with Crippen molar-refractivity contribution in [2.45, 2.75) is 18.2 Å². The van der Waals surface area contributed by atoms with Crippen LogP contribution >= 0.6 is 0 Å². The second-order valence-electron chi connectivity index (χ2n) is 3.42. The highest BCUT2D eigenvalue weighted by atomic mass is 32.2. The van der Waals surface area contributed by atoms with Crippen molar-refractivity contribution in [2.24, 2.45) is 7.05 Å². The van der Waals surface area contributed by atoms with Crippen LogP contribution in [0.4, 0.5) is 26.3 Å². The van der Waals surface area contributed by atoms with Gasteiger partial charge in [-0.15, -0.1) is 0 Å². The zero-order valence-corrected chi connectivity index (χ0v) is 9.97. The van der Waals surface area contributed by atoms with Gasteiger partial charge < -0.3 is 4.18 Å². The van der Waals surface area contributed by atoms with E-state index in [-0.39, 0.29) is 4.57 Å². The predicted octanol–water partition coefficient (Wildman–Crippen LogP) is 1.10. The van der Waals surface area contributed by atoms with Gasteiger partial charge in [0.2, 0.25) is 0 Å². The zero-order valence-electron chi connectivity index (χ0n) is 9.16. The van der Waals surface area contributed by atoms with Crippen LogP contribution in [0.1, 0.15) is 0 Å². The number of rotatable bonds is 3. The Kier molecular flexibility index (Phi) is 3.76. The smallest absolute Gasteiger partial charge is 0.302 e. The summed E-state index contributed by atoms with van der Waals surface area (Å²) in [6.07, 6.45) is -3.08. The quantitative estimate of drug-likeness (QED) is 0.363. The molecule has 12 heteroatoms. The second kappa shape index (κ2) is 4.58. The highest BCUT2D eigenvalue weighted by molar-refractivity contribution is 7.87. The van der Waals surface area contributed by atoms with Crippen molar-refractivity contribution < 1.29 is 43.5 Å². The average molecular weight is 313 g/mol. The minimum Gasteiger partial charge on any atom is -0.302 e. The van der Waals surface area contributed by atoms with E-state index in [1.54, 1.807) is 0 Å². The summed E-state index contributed by atoms with van der Waals surface area (Å²) in [7, 11) is -4.99. The molecule has 0 saturated heterocycles. The van der Waals surface area contributed by atoms with Crippen molar-refractivity contribution in [2.75, 3.05) is 0 Å². The fourth-order valence-electron chi connectivity index (χ4n) is 1.08. The Bertz CT molecular complexity index is 558. The van der Waals surface area contributed by atoms with Crippen LogP contribution in [0, 0.1) is 0 Å². The molecule has 0 amide bonds. The number of aryl methyl sites for hydroxylation is 1. The van der Waals surface area contributed by atoms with Gasteiger partial charge in [-0.1, -0.05) is 0 Å². The van der Waals surface area contributed by atoms with Gasteiger partial charge in [0.25, 0.3) is 0 Å². The van der Waals surface area contributed by atoms with Gasteiger partial charge in [0.15, 0.2) is 6.54 Å². The standard InChI is InChI=1S/C7H7F6N2O3S/c1-14-2-3-15(4-6(8,9)10)5(14)18-19(16,17)7(11,12)13/h2-3H,4H2,1H3/q+1. The summed E-state index contributed by atoms with van der Waals surface area (Å²) >= 11 is 0. The first-order valence-electron chi connectivity index (χ1n) is 4.46. The van der Waals surface area contributed by atoms with Gasteiger partial charge in [-0.3, -0.25) is 0 Å². The Morgan fingerprint density at radius 3 is 2.21 bits per heavy atom. The molecule has 1 aromatic heterocycles. The summed E-state index contributed by atoms with van der Waals surface area (Å²) in [6.45, 7) is -1.68. The van der Waals surface area contributed by atoms with Crippen molar-refractivity contribution in [1.29, 1.82) is 0 Å². The molecule has 0 unspecified atom stereocenters. The van der Waals surface area contributed by atoms with Gasteiger partial charge in [0.1, 0.15) is 12.4 Å². The second-order valence-corrected chi connectivity index (χ2v) is 4.96. The molecule has 0 spiro atoms. The molecule has 0 N–H and O–H groups in total. The molecule has 0 radical (unpaired) electrons. The summed E-state index contributed by atoms with van der Waals surface area (Å²) in [5, 5.41) is 0. The van der Waals surface area contributed by atoms with E-state index in [1.807, 2.05) is 0 Å². The van der Waals surface area contributed by atoms with Crippen LogP contribution in [0.5, 0.6) is 6.01 Å². The highest BCUT2D eigenvalue weighted by Gasteiger charge is 2.51. The summed E-state index contributed by atoms with van der Waals surface area (Å²) in [4.78, 5) is 0. The van der Waals surface area contributed by atoms with Crippen molar-refractivity contribution in [3.63, 3.8) is 0 Å². The van der Waals surface area contributed by atoms with Crippen molar-refractivity contribution in [3.8, 4) is 6.01 Å². The third-order valence-corrected chi connectivity index (χ3v) is 2.77. The Balaban J connectivity index is 3.13. The van der Waals surface area contributed by atoms with Crippen LogP contribution in [-0.2, 0) is 23.7 Å². The Hall–Kier alpha value is -1.46. The predicted molar refractivity (Wildman–Crippen MR) is 47.3 cm³/mol. The molecule has 0 aliphatic rings. The van der Waals surface area contributed by atoms with Crippen LogP contribution in [0.2, 0.25) is 0 Å². The maximum atomic E-state index is 12.1. The number of alkyl halides is 6. The molecule has 0 aliphatic heterocycles. The minimum absolute atomic E-state index is 0.198. The molecule has 1 rings (SSSR count). The number of nitrogens with zero attached hydrogens (tertiary/aromatic N) is 2. The summed E-state index contributed by atoms with van der Waals surface area (Å²) in [6, 6.07) is -1.10. The van der Waals surface area contributed by atoms with Crippen LogP contribution in [0.15, 0.2) is 12.4 Å². The summed E-state index contributed by atoms with van der Waals surface area (Å²) < 4.78 is 98.7.